The maximum Gasteiger partial charge on any atom is 0.0640 e. The molecule has 0 N–H and O–H groups in total. The summed E-state index contributed by atoms with van der Waals surface area (Å²) in [7, 11) is 0. The van der Waals surface area contributed by atoms with Crippen molar-refractivity contribution in [2.75, 3.05) is 4.90 Å². The Hall–Kier alpha value is -6.74. The molecule has 0 atom stereocenters. The van der Waals surface area contributed by atoms with Gasteiger partial charge in [0.25, 0.3) is 0 Å². The van der Waals surface area contributed by atoms with E-state index in [-0.39, 0.29) is 0 Å². The Morgan fingerprint density at radius 3 is 1.69 bits per heavy atom. The van der Waals surface area contributed by atoms with Crippen molar-refractivity contribution in [3.63, 3.8) is 0 Å². The van der Waals surface area contributed by atoms with Gasteiger partial charge in [0.15, 0.2) is 0 Å². The zero-order valence-electron chi connectivity index (χ0n) is 29.6. The second-order valence-electron chi connectivity index (χ2n) is 13.7. The normalized spacial score (nSPS) is 11.3. The largest absolute Gasteiger partial charge is 0.309 e. The topological polar surface area (TPSA) is 3.24 Å². The molecule has 2 heteroatoms. The lowest BCUT2D eigenvalue weighted by atomic mass is 9.92. The molecule has 9 aromatic carbocycles. The molecule has 0 aliphatic rings. The minimum Gasteiger partial charge on any atom is -0.309 e. The van der Waals surface area contributed by atoms with E-state index in [0.717, 1.165) is 11.4 Å². The van der Waals surface area contributed by atoms with Gasteiger partial charge in [-0.1, -0.05) is 170 Å². The van der Waals surface area contributed by atoms with Gasteiger partial charge in [0.05, 0.1) is 10.4 Å². The van der Waals surface area contributed by atoms with Gasteiger partial charge in [-0.15, -0.1) is 11.3 Å². The average Bonchev–Trinajstić information content (AvgIpc) is 3.64. The Morgan fingerprint density at radius 1 is 0.315 bits per heavy atom. The molecule has 1 nitrogen and oxygen atoms in total. The van der Waals surface area contributed by atoms with Crippen LogP contribution in [0, 0.1) is 0 Å². The predicted octanol–water partition coefficient (Wildman–Crippen LogP) is 15.3. The van der Waals surface area contributed by atoms with Crippen molar-refractivity contribution >= 4 is 59.3 Å². The second-order valence-corrected chi connectivity index (χ2v) is 14.8. The van der Waals surface area contributed by atoms with Gasteiger partial charge in [-0.25, -0.2) is 0 Å². The van der Waals surface area contributed by atoms with Crippen molar-refractivity contribution < 1.29 is 0 Å². The first-order chi connectivity index (χ1) is 26.8. The Bertz CT molecular complexity index is 2940. The Morgan fingerprint density at radius 2 is 0.889 bits per heavy atom. The monoisotopic (exact) mass is 705 g/mol. The highest BCUT2D eigenvalue weighted by molar-refractivity contribution is 7.26. The summed E-state index contributed by atoms with van der Waals surface area (Å²) in [6.45, 7) is 0. The van der Waals surface area contributed by atoms with Gasteiger partial charge >= 0.3 is 0 Å². The number of benzene rings is 9. The van der Waals surface area contributed by atoms with Crippen LogP contribution in [0.1, 0.15) is 0 Å². The van der Waals surface area contributed by atoms with Gasteiger partial charge in [-0.05, 0) is 97.7 Å². The predicted molar refractivity (Wildman–Crippen MR) is 233 cm³/mol. The van der Waals surface area contributed by atoms with Crippen molar-refractivity contribution in [1.82, 2.24) is 0 Å². The molecule has 0 aliphatic carbocycles. The summed E-state index contributed by atoms with van der Waals surface area (Å²) >= 11 is 1.87. The first kappa shape index (κ1) is 32.0. The van der Waals surface area contributed by atoms with E-state index in [4.69, 9.17) is 0 Å². The standard InChI is InChI=1S/C52H35NS/c1-3-16-37(17-4-1)46-32-31-43(35-49(46)38-18-5-2-6-19-38)53(50-27-14-26-48-47-25-11-12-28-51(47)54-52(48)50)42-22-13-21-40(34-42)44-23-9-10-24-45(44)41-30-29-36-15-7-8-20-39(36)33-41/h1-35H. The third-order valence-electron chi connectivity index (χ3n) is 10.5. The molecule has 10 rings (SSSR count). The Kier molecular flexibility index (Phi) is 8.09. The fourth-order valence-corrected chi connectivity index (χ4v) is 9.10. The molecule has 0 fully saturated rings. The maximum atomic E-state index is 2.46. The van der Waals surface area contributed by atoms with E-state index in [1.807, 2.05) is 11.3 Å². The van der Waals surface area contributed by atoms with Crippen LogP contribution in [0.4, 0.5) is 17.1 Å². The summed E-state index contributed by atoms with van der Waals surface area (Å²) in [6.07, 6.45) is 0. The molecule has 0 saturated carbocycles. The van der Waals surface area contributed by atoms with E-state index in [0.29, 0.717) is 0 Å². The smallest absolute Gasteiger partial charge is 0.0640 e. The summed E-state index contributed by atoms with van der Waals surface area (Å²) in [5, 5.41) is 5.07. The minimum atomic E-state index is 1.11. The highest BCUT2D eigenvalue weighted by Crippen LogP contribution is 2.47. The van der Waals surface area contributed by atoms with E-state index >= 15 is 0 Å². The molecule has 0 bridgehead atoms. The SMILES string of the molecule is c1ccc(-c2ccc(N(c3cccc(-c4ccccc4-c4ccc5ccccc5c4)c3)c3cccc4c3sc3ccccc34)cc2-c2ccccc2)cc1. The number of anilines is 3. The Balaban J connectivity index is 1.19. The summed E-state index contributed by atoms with van der Waals surface area (Å²) in [5.74, 6) is 0. The molecule has 0 unspecified atom stereocenters. The van der Waals surface area contributed by atoms with Gasteiger partial charge < -0.3 is 4.90 Å². The average molecular weight is 706 g/mol. The molecule has 1 aromatic heterocycles. The number of hydrogen-bond donors (Lipinski definition) is 0. The Labute approximate surface area is 319 Å². The molecular formula is C52H35NS. The van der Waals surface area contributed by atoms with Crippen LogP contribution in [-0.2, 0) is 0 Å². The fourth-order valence-electron chi connectivity index (χ4n) is 7.89. The molecule has 54 heavy (non-hydrogen) atoms. The van der Waals surface area contributed by atoms with E-state index in [1.54, 1.807) is 0 Å². The molecule has 1 heterocycles. The molecule has 254 valence electrons. The van der Waals surface area contributed by atoms with E-state index in [2.05, 4.69) is 217 Å². The van der Waals surface area contributed by atoms with Gasteiger partial charge in [0, 0.05) is 26.8 Å². The zero-order valence-corrected chi connectivity index (χ0v) is 30.4. The molecule has 10 aromatic rings. The number of fused-ring (bicyclic) bond motifs is 4. The van der Waals surface area contributed by atoms with E-state index in [1.165, 1.54) is 81.1 Å². The lowest BCUT2D eigenvalue weighted by Crippen LogP contribution is -2.10. The van der Waals surface area contributed by atoms with Crippen LogP contribution in [0.3, 0.4) is 0 Å². The van der Waals surface area contributed by atoms with Crippen LogP contribution in [-0.4, -0.2) is 0 Å². The lowest BCUT2D eigenvalue weighted by Gasteiger charge is -2.28. The molecule has 0 spiro atoms. The fraction of sp³-hybridized carbons (Fsp3) is 0. The van der Waals surface area contributed by atoms with Crippen molar-refractivity contribution in [3.8, 4) is 44.5 Å². The van der Waals surface area contributed by atoms with Crippen molar-refractivity contribution in [2.45, 2.75) is 0 Å². The van der Waals surface area contributed by atoms with Gasteiger partial charge in [0.1, 0.15) is 0 Å². The van der Waals surface area contributed by atoms with Crippen LogP contribution in [0.5, 0.6) is 0 Å². The summed E-state index contributed by atoms with van der Waals surface area (Å²) in [5.41, 5.74) is 13.0. The van der Waals surface area contributed by atoms with Crippen molar-refractivity contribution in [3.05, 3.63) is 212 Å². The quantitative estimate of drug-likeness (QED) is 0.160. The number of hydrogen-bond acceptors (Lipinski definition) is 2. The summed E-state index contributed by atoms with van der Waals surface area (Å²) in [4.78, 5) is 2.46. The minimum absolute atomic E-state index is 1.11. The molecular weight excluding hydrogens is 671 g/mol. The lowest BCUT2D eigenvalue weighted by molar-refractivity contribution is 1.30. The summed E-state index contributed by atoms with van der Waals surface area (Å²) < 4.78 is 2.57. The summed E-state index contributed by atoms with van der Waals surface area (Å²) in [6, 6.07) is 77.2. The van der Waals surface area contributed by atoms with E-state index < -0.39 is 0 Å². The molecule has 0 saturated heterocycles. The van der Waals surface area contributed by atoms with Crippen LogP contribution >= 0.6 is 11.3 Å². The van der Waals surface area contributed by atoms with Crippen LogP contribution in [0.25, 0.3) is 75.5 Å². The van der Waals surface area contributed by atoms with Gasteiger partial charge in [-0.3, -0.25) is 0 Å². The van der Waals surface area contributed by atoms with Crippen molar-refractivity contribution in [2.24, 2.45) is 0 Å². The number of thiophene rings is 1. The van der Waals surface area contributed by atoms with E-state index in [9.17, 15) is 0 Å². The van der Waals surface area contributed by atoms with Crippen LogP contribution in [0.15, 0.2) is 212 Å². The van der Waals surface area contributed by atoms with Crippen LogP contribution in [0.2, 0.25) is 0 Å². The molecule has 0 amide bonds. The maximum absolute atomic E-state index is 2.46. The highest BCUT2D eigenvalue weighted by Gasteiger charge is 2.21. The molecule has 0 aliphatic heterocycles. The van der Waals surface area contributed by atoms with Gasteiger partial charge in [0.2, 0.25) is 0 Å². The number of rotatable bonds is 7. The third kappa shape index (κ3) is 5.74. The first-order valence-corrected chi connectivity index (χ1v) is 19.2. The van der Waals surface area contributed by atoms with Gasteiger partial charge in [-0.2, -0.15) is 0 Å². The van der Waals surface area contributed by atoms with Crippen molar-refractivity contribution in [1.29, 1.82) is 0 Å². The molecule has 0 radical (unpaired) electrons. The first-order valence-electron chi connectivity index (χ1n) is 18.4. The van der Waals surface area contributed by atoms with Crippen LogP contribution < -0.4 is 4.90 Å². The second kappa shape index (κ2) is 13.7. The highest BCUT2D eigenvalue weighted by atomic mass is 32.1. The third-order valence-corrected chi connectivity index (χ3v) is 11.7. The zero-order chi connectivity index (χ0) is 35.8. The number of nitrogens with zero attached hydrogens (tertiary/aromatic N) is 1.